The van der Waals surface area contributed by atoms with E-state index in [1.807, 2.05) is 48.5 Å². The van der Waals surface area contributed by atoms with Crippen molar-refractivity contribution in [3.63, 3.8) is 0 Å². The van der Waals surface area contributed by atoms with Gasteiger partial charge in [-0.1, -0.05) is 34.6 Å². The molecule has 0 fully saturated rings. The number of amides is 1. The molecule has 0 N–H and O–H groups in total. The Morgan fingerprint density at radius 1 is 0.926 bits per heavy atom. The first-order chi connectivity index (χ1) is 12.0. The van der Waals surface area contributed by atoms with Crippen LogP contribution in [0.3, 0.4) is 0 Å². The second-order valence-electron chi connectivity index (χ2n) is 10.0. The third-order valence-corrected chi connectivity index (χ3v) is 9.76. The van der Waals surface area contributed by atoms with Gasteiger partial charge in [0.15, 0.2) is 20.2 Å². The predicted molar refractivity (Wildman–Crippen MR) is 115 cm³/mol. The van der Waals surface area contributed by atoms with Crippen molar-refractivity contribution in [2.75, 3.05) is 0 Å². The van der Waals surface area contributed by atoms with Crippen LogP contribution in [-0.4, -0.2) is 49.4 Å². The highest BCUT2D eigenvalue weighted by molar-refractivity contribution is 6.74. The molecule has 0 aromatic rings. The minimum Gasteiger partial charge on any atom is -0.435 e. The highest BCUT2D eigenvalue weighted by Crippen LogP contribution is 2.38. The van der Waals surface area contributed by atoms with Gasteiger partial charge in [-0.2, -0.15) is 0 Å². The number of rotatable bonds is 9. The molecule has 27 heavy (non-hydrogen) atoms. The Balaban J connectivity index is 5.58. The fourth-order valence-corrected chi connectivity index (χ4v) is 4.24. The number of hydrogen-bond acceptors (Lipinski definition) is 4. The molecule has 5 nitrogen and oxygen atoms in total. The number of nitrogens with zero attached hydrogens (tertiary/aromatic N) is 1. The molecule has 0 aromatic carbocycles. The molecule has 0 bridgehead atoms. The van der Waals surface area contributed by atoms with E-state index in [4.69, 9.17) is 9.16 Å². The number of ketones is 1. The first kappa shape index (κ1) is 26.1. The zero-order valence-corrected chi connectivity index (χ0v) is 20.7. The fourth-order valence-electron chi connectivity index (χ4n) is 2.83. The molecule has 0 aliphatic carbocycles. The molecule has 0 aromatic heterocycles. The van der Waals surface area contributed by atoms with E-state index in [-0.39, 0.29) is 28.8 Å². The van der Waals surface area contributed by atoms with Crippen LogP contribution >= 0.6 is 0 Å². The van der Waals surface area contributed by atoms with Gasteiger partial charge < -0.3 is 14.1 Å². The van der Waals surface area contributed by atoms with E-state index in [9.17, 15) is 9.59 Å². The Labute approximate surface area is 168 Å². The van der Waals surface area contributed by atoms with Crippen LogP contribution in [0.15, 0.2) is 0 Å². The van der Waals surface area contributed by atoms with Gasteiger partial charge in [-0.3, -0.25) is 4.79 Å². The second-order valence-corrected chi connectivity index (χ2v) is 14.8. The summed E-state index contributed by atoms with van der Waals surface area (Å²) >= 11 is 0. The van der Waals surface area contributed by atoms with Crippen molar-refractivity contribution >= 4 is 20.2 Å². The van der Waals surface area contributed by atoms with Crippen molar-refractivity contribution in [3.05, 3.63) is 0 Å². The van der Waals surface area contributed by atoms with Gasteiger partial charge in [0.25, 0.3) is 0 Å². The molecule has 0 aliphatic heterocycles. The summed E-state index contributed by atoms with van der Waals surface area (Å²) in [6, 6.07) is -0.00932. The zero-order valence-electron chi connectivity index (χ0n) is 19.7. The zero-order chi connectivity index (χ0) is 21.7. The standard InChI is InChI=1S/C21H43NO4Si/c1-14(2)13-18(23)19(17(7)26-27(11,12)21(8,9)10)25-20(24)22(15(3)4)16(5)6/h14-17,19H,13H2,1-12H3/t17-,19+/m0/s1. The Kier molecular flexibility index (Phi) is 9.73. The molecular weight excluding hydrogens is 358 g/mol. The maximum Gasteiger partial charge on any atom is 0.411 e. The van der Waals surface area contributed by atoms with Crippen LogP contribution in [0.2, 0.25) is 18.1 Å². The summed E-state index contributed by atoms with van der Waals surface area (Å²) in [5, 5.41) is 0.0127. The number of carbonyl (C=O) groups excluding carboxylic acids is 2. The third kappa shape index (κ3) is 7.94. The lowest BCUT2D eigenvalue weighted by molar-refractivity contribution is -0.133. The lowest BCUT2D eigenvalue weighted by atomic mass is 10.0. The van der Waals surface area contributed by atoms with Gasteiger partial charge in [0.2, 0.25) is 0 Å². The lowest BCUT2D eigenvalue weighted by Gasteiger charge is -2.40. The molecule has 6 heteroatoms. The average Bonchev–Trinajstić information content (AvgIpc) is 2.40. The molecule has 0 spiro atoms. The minimum absolute atomic E-state index is 0.00466. The highest BCUT2D eigenvalue weighted by atomic mass is 28.4. The molecule has 1 amide bonds. The van der Waals surface area contributed by atoms with Gasteiger partial charge in [0.1, 0.15) is 0 Å². The van der Waals surface area contributed by atoms with Gasteiger partial charge in [-0.15, -0.1) is 0 Å². The van der Waals surface area contributed by atoms with E-state index in [2.05, 4.69) is 33.9 Å². The second kappa shape index (κ2) is 10.1. The van der Waals surface area contributed by atoms with Crippen LogP contribution in [0.25, 0.3) is 0 Å². The van der Waals surface area contributed by atoms with Gasteiger partial charge >= 0.3 is 6.09 Å². The monoisotopic (exact) mass is 401 g/mol. The van der Waals surface area contributed by atoms with E-state index < -0.39 is 26.6 Å². The topological polar surface area (TPSA) is 55.8 Å². The van der Waals surface area contributed by atoms with Crippen LogP contribution in [0.4, 0.5) is 4.79 Å². The highest BCUT2D eigenvalue weighted by Gasteiger charge is 2.42. The largest absolute Gasteiger partial charge is 0.435 e. The molecule has 0 saturated carbocycles. The number of hydrogen-bond donors (Lipinski definition) is 0. The lowest BCUT2D eigenvalue weighted by Crippen LogP contribution is -2.51. The minimum atomic E-state index is -2.10. The maximum absolute atomic E-state index is 12.9. The SMILES string of the molecule is CC(C)CC(=O)[C@H](OC(=O)N(C(C)C)C(C)C)[C@H](C)O[Si](C)(C)C(C)(C)C. The Morgan fingerprint density at radius 2 is 1.37 bits per heavy atom. The molecule has 160 valence electrons. The summed E-state index contributed by atoms with van der Waals surface area (Å²) in [5.74, 6) is 0.127. The smallest absolute Gasteiger partial charge is 0.411 e. The van der Waals surface area contributed by atoms with Gasteiger partial charge in [-0.05, 0) is 58.7 Å². The van der Waals surface area contributed by atoms with Crippen LogP contribution in [0.1, 0.15) is 75.7 Å². The summed E-state index contributed by atoms with van der Waals surface area (Å²) in [4.78, 5) is 27.3. The van der Waals surface area contributed by atoms with E-state index in [1.165, 1.54) is 0 Å². The molecule has 2 atom stereocenters. The fraction of sp³-hybridized carbons (Fsp3) is 0.905. The normalized spacial score (nSPS) is 15.2. The molecule has 0 unspecified atom stereocenters. The van der Waals surface area contributed by atoms with Crippen molar-refractivity contribution in [2.24, 2.45) is 5.92 Å². The molecule has 0 radical (unpaired) electrons. The summed E-state index contributed by atoms with van der Waals surface area (Å²) in [6.45, 7) is 24.4. The number of carbonyl (C=O) groups is 2. The van der Waals surface area contributed by atoms with Gasteiger partial charge in [0.05, 0.1) is 6.10 Å². The Morgan fingerprint density at radius 3 is 1.70 bits per heavy atom. The third-order valence-electron chi connectivity index (χ3n) is 5.19. The Hall–Kier alpha value is -0.883. The van der Waals surface area contributed by atoms with Crippen LogP contribution in [0.5, 0.6) is 0 Å². The van der Waals surface area contributed by atoms with Crippen molar-refractivity contribution in [1.82, 2.24) is 4.90 Å². The average molecular weight is 402 g/mol. The number of ether oxygens (including phenoxy) is 1. The van der Waals surface area contributed by atoms with Crippen molar-refractivity contribution < 1.29 is 18.8 Å². The summed E-state index contributed by atoms with van der Waals surface area (Å²) in [7, 11) is -2.10. The van der Waals surface area contributed by atoms with Crippen LogP contribution in [-0.2, 0) is 14.0 Å². The predicted octanol–water partition coefficient (Wildman–Crippen LogP) is 5.64. The summed E-state index contributed by atoms with van der Waals surface area (Å²) in [5.41, 5.74) is 0. The molecule has 0 aliphatic rings. The summed E-state index contributed by atoms with van der Waals surface area (Å²) in [6.07, 6.45) is -1.43. The van der Waals surface area contributed by atoms with Crippen molar-refractivity contribution in [1.29, 1.82) is 0 Å². The first-order valence-electron chi connectivity index (χ1n) is 10.2. The van der Waals surface area contributed by atoms with E-state index in [1.54, 1.807) is 4.90 Å². The molecule has 0 saturated heterocycles. The van der Waals surface area contributed by atoms with E-state index >= 15 is 0 Å². The van der Waals surface area contributed by atoms with Crippen LogP contribution < -0.4 is 0 Å². The van der Waals surface area contributed by atoms with Crippen molar-refractivity contribution in [3.8, 4) is 0 Å². The molecule has 0 heterocycles. The Bertz CT molecular complexity index is 487. The van der Waals surface area contributed by atoms with Crippen molar-refractivity contribution in [2.45, 2.75) is 118 Å². The quantitative estimate of drug-likeness (QED) is 0.469. The van der Waals surface area contributed by atoms with E-state index in [0.29, 0.717) is 6.42 Å². The summed E-state index contributed by atoms with van der Waals surface area (Å²) < 4.78 is 12.1. The molecular formula is C21H43NO4Si. The first-order valence-corrected chi connectivity index (χ1v) is 13.1. The van der Waals surface area contributed by atoms with Gasteiger partial charge in [0, 0.05) is 18.5 Å². The van der Waals surface area contributed by atoms with Gasteiger partial charge in [-0.25, -0.2) is 4.79 Å². The van der Waals surface area contributed by atoms with E-state index in [0.717, 1.165) is 0 Å². The maximum atomic E-state index is 12.9. The van der Waals surface area contributed by atoms with Crippen LogP contribution in [0, 0.1) is 5.92 Å². The molecule has 0 rings (SSSR count). The number of Topliss-reactive ketones (excluding diaryl/α,β-unsaturated/α-hetero) is 1.